The van der Waals surface area contributed by atoms with Gasteiger partial charge in [0.25, 0.3) is 6.43 Å². The maximum absolute atomic E-state index is 13.9. The van der Waals surface area contributed by atoms with Crippen LogP contribution in [0, 0.1) is 5.82 Å². The van der Waals surface area contributed by atoms with Crippen LogP contribution in [0.4, 0.5) is 13.2 Å². The first-order valence-corrected chi connectivity index (χ1v) is 6.16. The number of alkyl halides is 2. The Morgan fingerprint density at radius 2 is 1.75 bits per heavy atom. The number of piperazine rings is 1. The zero-order chi connectivity index (χ0) is 13.1. The second kappa shape index (κ2) is 8.95. The highest BCUT2D eigenvalue weighted by Crippen LogP contribution is 2.32. The average molecular weight is 352 g/mol. The Balaban J connectivity index is 0.00000180. The summed E-state index contributed by atoms with van der Waals surface area (Å²) in [5, 5.41) is 2.96. The van der Waals surface area contributed by atoms with Gasteiger partial charge >= 0.3 is 0 Å². The molecule has 2 rings (SSSR count). The molecule has 0 aromatic heterocycles. The van der Waals surface area contributed by atoms with Crippen LogP contribution in [0.1, 0.15) is 11.6 Å². The van der Waals surface area contributed by atoms with Gasteiger partial charge in [0.2, 0.25) is 0 Å². The van der Waals surface area contributed by atoms with Gasteiger partial charge in [-0.25, -0.2) is 13.2 Å². The molecule has 1 aromatic rings. The summed E-state index contributed by atoms with van der Waals surface area (Å²) in [6, 6.07) is 3.00. The minimum Gasteiger partial charge on any atom is -0.314 e. The fourth-order valence-electron chi connectivity index (χ4n) is 2.20. The summed E-state index contributed by atoms with van der Waals surface area (Å²) in [4.78, 5) is 1.59. The Morgan fingerprint density at radius 1 is 1.15 bits per heavy atom. The van der Waals surface area contributed by atoms with Crippen LogP contribution in [0.3, 0.4) is 0 Å². The molecule has 116 valence electrons. The van der Waals surface area contributed by atoms with E-state index in [1.807, 2.05) is 0 Å². The third-order valence-electron chi connectivity index (χ3n) is 3.08. The summed E-state index contributed by atoms with van der Waals surface area (Å²) in [5.41, 5.74) is -0.0283. The van der Waals surface area contributed by atoms with Gasteiger partial charge in [0.15, 0.2) is 0 Å². The highest BCUT2D eigenvalue weighted by atomic mass is 35.5. The van der Waals surface area contributed by atoms with Crippen LogP contribution in [-0.4, -0.2) is 37.5 Å². The van der Waals surface area contributed by atoms with Gasteiger partial charge in [-0.2, -0.15) is 0 Å². The van der Waals surface area contributed by atoms with E-state index in [-0.39, 0.29) is 35.4 Å². The molecule has 20 heavy (non-hydrogen) atoms. The van der Waals surface area contributed by atoms with Crippen molar-refractivity contribution in [2.24, 2.45) is 0 Å². The van der Waals surface area contributed by atoms with Gasteiger partial charge in [0.05, 0.1) is 11.1 Å². The molecule has 1 saturated heterocycles. The van der Waals surface area contributed by atoms with E-state index in [0.29, 0.717) is 26.2 Å². The van der Waals surface area contributed by atoms with E-state index in [1.54, 1.807) is 4.90 Å². The van der Waals surface area contributed by atoms with Crippen LogP contribution >= 0.6 is 36.4 Å². The summed E-state index contributed by atoms with van der Waals surface area (Å²) in [6.45, 7) is 2.21. The second-order valence-corrected chi connectivity index (χ2v) is 4.62. The number of benzene rings is 1. The highest BCUT2D eigenvalue weighted by Gasteiger charge is 2.32. The van der Waals surface area contributed by atoms with Gasteiger partial charge < -0.3 is 5.32 Å². The summed E-state index contributed by atoms with van der Waals surface area (Å²) in [7, 11) is 0. The van der Waals surface area contributed by atoms with Crippen molar-refractivity contribution in [3.8, 4) is 0 Å². The summed E-state index contributed by atoms with van der Waals surface area (Å²) < 4.78 is 40.3. The SMILES string of the molecule is Cl.Cl.Fc1c(Cl)cccc1[C@@H](C(F)F)N1CCNCC1. The molecule has 0 aliphatic carbocycles. The Morgan fingerprint density at radius 3 is 2.30 bits per heavy atom. The van der Waals surface area contributed by atoms with E-state index >= 15 is 0 Å². The molecule has 0 amide bonds. The maximum atomic E-state index is 13.9. The molecule has 1 aliphatic heterocycles. The summed E-state index contributed by atoms with van der Waals surface area (Å²) >= 11 is 5.65. The molecule has 1 aromatic carbocycles. The number of hydrogen-bond acceptors (Lipinski definition) is 2. The molecule has 0 spiro atoms. The Hall–Kier alpha value is -0.200. The number of nitrogens with one attached hydrogen (secondary N) is 1. The van der Waals surface area contributed by atoms with Crippen molar-refractivity contribution >= 4 is 36.4 Å². The molecule has 1 N–H and O–H groups in total. The van der Waals surface area contributed by atoms with Crippen LogP contribution in [0.2, 0.25) is 5.02 Å². The average Bonchev–Trinajstić information content (AvgIpc) is 2.36. The number of rotatable bonds is 3. The number of halogens is 6. The van der Waals surface area contributed by atoms with Gasteiger partial charge in [-0.15, -0.1) is 24.8 Å². The summed E-state index contributed by atoms with van der Waals surface area (Å²) in [6.07, 6.45) is -2.64. The van der Waals surface area contributed by atoms with Crippen molar-refractivity contribution < 1.29 is 13.2 Å². The molecule has 0 radical (unpaired) electrons. The zero-order valence-electron chi connectivity index (χ0n) is 10.5. The van der Waals surface area contributed by atoms with Crippen molar-refractivity contribution in [2.75, 3.05) is 26.2 Å². The fourth-order valence-corrected chi connectivity index (χ4v) is 2.38. The fraction of sp³-hybridized carbons (Fsp3) is 0.500. The van der Waals surface area contributed by atoms with Crippen molar-refractivity contribution in [3.63, 3.8) is 0 Å². The van der Waals surface area contributed by atoms with Gasteiger partial charge in [0.1, 0.15) is 5.82 Å². The van der Waals surface area contributed by atoms with E-state index in [9.17, 15) is 13.2 Å². The van der Waals surface area contributed by atoms with Gasteiger partial charge in [0, 0.05) is 31.7 Å². The highest BCUT2D eigenvalue weighted by molar-refractivity contribution is 6.30. The lowest BCUT2D eigenvalue weighted by atomic mass is 10.0. The number of nitrogens with zero attached hydrogens (tertiary/aromatic N) is 1. The quantitative estimate of drug-likeness (QED) is 0.896. The normalized spacial score (nSPS) is 17.2. The van der Waals surface area contributed by atoms with Crippen LogP contribution in [0.25, 0.3) is 0 Å². The lowest BCUT2D eigenvalue weighted by Gasteiger charge is -2.34. The standard InChI is InChI=1S/C12H14ClF3N2.2ClH/c13-9-3-1-2-8(10(9)14)11(12(15)16)18-6-4-17-5-7-18;;/h1-3,11-12,17H,4-7H2;2*1H/t11-;;/m0../s1. The monoisotopic (exact) mass is 350 g/mol. The van der Waals surface area contributed by atoms with Crippen molar-refractivity contribution in [1.82, 2.24) is 10.2 Å². The second-order valence-electron chi connectivity index (χ2n) is 4.21. The Kier molecular flexibility index (Phi) is 8.86. The first-order chi connectivity index (χ1) is 8.61. The molecule has 0 bridgehead atoms. The molecule has 1 heterocycles. The molecule has 0 unspecified atom stereocenters. The predicted octanol–water partition coefficient (Wildman–Crippen LogP) is 3.53. The molecule has 8 heteroatoms. The van der Waals surface area contributed by atoms with Crippen molar-refractivity contribution in [3.05, 3.63) is 34.6 Å². The molecule has 0 saturated carbocycles. The molecule has 1 aliphatic rings. The van der Waals surface area contributed by atoms with E-state index in [2.05, 4.69) is 5.32 Å². The smallest absolute Gasteiger partial charge is 0.258 e. The largest absolute Gasteiger partial charge is 0.314 e. The van der Waals surface area contributed by atoms with Gasteiger partial charge in [-0.05, 0) is 6.07 Å². The Bertz CT molecular complexity index is 415. The van der Waals surface area contributed by atoms with E-state index in [4.69, 9.17) is 11.6 Å². The lowest BCUT2D eigenvalue weighted by Crippen LogP contribution is -2.47. The van der Waals surface area contributed by atoms with Crippen molar-refractivity contribution in [2.45, 2.75) is 12.5 Å². The molecular formula is C12H16Cl3F3N2. The van der Waals surface area contributed by atoms with E-state index in [0.717, 1.165) is 0 Å². The van der Waals surface area contributed by atoms with Crippen LogP contribution in [0.15, 0.2) is 18.2 Å². The topological polar surface area (TPSA) is 15.3 Å². The lowest BCUT2D eigenvalue weighted by molar-refractivity contribution is 0.0164. The van der Waals surface area contributed by atoms with Gasteiger partial charge in [-0.3, -0.25) is 4.90 Å². The minimum absolute atomic E-state index is 0. The molecule has 2 nitrogen and oxygen atoms in total. The number of hydrogen-bond donors (Lipinski definition) is 1. The van der Waals surface area contributed by atoms with Gasteiger partial charge in [-0.1, -0.05) is 23.7 Å². The van der Waals surface area contributed by atoms with Crippen LogP contribution in [0.5, 0.6) is 0 Å². The van der Waals surface area contributed by atoms with Crippen LogP contribution in [-0.2, 0) is 0 Å². The molecular weight excluding hydrogens is 335 g/mol. The summed E-state index contributed by atoms with van der Waals surface area (Å²) in [5.74, 6) is -0.747. The van der Waals surface area contributed by atoms with Crippen LogP contribution < -0.4 is 5.32 Å². The molecule has 1 atom stereocenters. The van der Waals surface area contributed by atoms with E-state index < -0.39 is 18.3 Å². The van der Waals surface area contributed by atoms with E-state index in [1.165, 1.54) is 18.2 Å². The third kappa shape index (κ3) is 4.40. The zero-order valence-corrected chi connectivity index (χ0v) is 12.9. The first kappa shape index (κ1) is 19.8. The maximum Gasteiger partial charge on any atom is 0.258 e. The molecule has 1 fully saturated rings. The Labute approximate surface area is 133 Å². The first-order valence-electron chi connectivity index (χ1n) is 5.78. The van der Waals surface area contributed by atoms with Crippen molar-refractivity contribution in [1.29, 1.82) is 0 Å². The third-order valence-corrected chi connectivity index (χ3v) is 3.38. The predicted molar refractivity (Wildman–Crippen MR) is 79.1 cm³/mol. The minimum atomic E-state index is -2.64.